The van der Waals surface area contributed by atoms with Gasteiger partial charge in [0.15, 0.2) is 0 Å². The molecule has 0 saturated heterocycles. The standard InChI is InChI=1S/C11H13F3N2O.ClH/c12-11(13,14)9-3-1-2-8(6-9)7-10(17)16-5-4-15;/h1-3,6H,4-5,7,15H2,(H,16,17);1H. The van der Waals surface area contributed by atoms with Crippen LogP contribution >= 0.6 is 12.4 Å². The number of nitrogens with two attached hydrogens (primary N) is 1. The van der Waals surface area contributed by atoms with Gasteiger partial charge in [0.05, 0.1) is 12.0 Å². The SMILES string of the molecule is Cl.NCCNC(=O)Cc1cccc(C(F)(F)F)c1. The summed E-state index contributed by atoms with van der Waals surface area (Å²) in [5, 5.41) is 2.49. The van der Waals surface area contributed by atoms with E-state index in [0.29, 0.717) is 18.7 Å². The van der Waals surface area contributed by atoms with Crippen LogP contribution in [0.25, 0.3) is 0 Å². The zero-order chi connectivity index (χ0) is 12.9. The Hall–Kier alpha value is -1.27. The lowest BCUT2D eigenvalue weighted by Crippen LogP contribution is -2.30. The van der Waals surface area contributed by atoms with Crippen molar-refractivity contribution >= 4 is 18.3 Å². The van der Waals surface area contributed by atoms with E-state index in [9.17, 15) is 18.0 Å². The lowest BCUT2D eigenvalue weighted by Gasteiger charge is -2.08. The van der Waals surface area contributed by atoms with Crippen molar-refractivity contribution in [2.75, 3.05) is 13.1 Å². The van der Waals surface area contributed by atoms with Gasteiger partial charge in [-0.3, -0.25) is 4.79 Å². The van der Waals surface area contributed by atoms with E-state index in [0.717, 1.165) is 12.1 Å². The Morgan fingerprint density at radius 1 is 1.33 bits per heavy atom. The number of nitrogens with one attached hydrogen (secondary N) is 1. The number of rotatable bonds is 4. The molecule has 0 heterocycles. The summed E-state index contributed by atoms with van der Waals surface area (Å²) in [7, 11) is 0. The van der Waals surface area contributed by atoms with Gasteiger partial charge in [0.2, 0.25) is 5.91 Å². The first-order valence-electron chi connectivity index (χ1n) is 5.06. The molecule has 7 heteroatoms. The maximum Gasteiger partial charge on any atom is 0.416 e. The van der Waals surface area contributed by atoms with Crippen LogP contribution < -0.4 is 11.1 Å². The zero-order valence-corrected chi connectivity index (χ0v) is 10.3. The second kappa shape index (κ2) is 7.23. The predicted molar refractivity (Wildman–Crippen MR) is 64.5 cm³/mol. The normalized spacial score (nSPS) is 10.7. The highest BCUT2D eigenvalue weighted by molar-refractivity contribution is 5.85. The Kier molecular flexibility index (Phi) is 6.72. The van der Waals surface area contributed by atoms with Crippen molar-refractivity contribution in [3.05, 3.63) is 35.4 Å². The molecule has 102 valence electrons. The average Bonchev–Trinajstić information content (AvgIpc) is 2.25. The minimum atomic E-state index is -4.39. The van der Waals surface area contributed by atoms with Crippen LogP contribution in [-0.4, -0.2) is 19.0 Å². The molecule has 1 rings (SSSR count). The lowest BCUT2D eigenvalue weighted by molar-refractivity contribution is -0.137. The van der Waals surface area contributed by atoms with Crippen molar-refractivity contribution in [1.29, 1.82) is 0 Å². The van der Waals surface area contributed by atoms with Crippen LogP contribution in [0.4, 0.5) is 13.2 Å². The van der Waals surface area contributed by atoms with Gasteiger partial charge in [-0.15, -0.1) is 12.4 Å². The number of alkyl halides is 3. The van der Waals surface area contributed by atoms with Crippen LogP contribution in [0.1, 0.15) is 11.1 Å². The topological polar surface area (TPSA) is 55.1 Å². The third-order valence-electron chi connectivity index (χ3n) is 2.09. The number of benzene rings is 1. The molecule has 3 N–H and O–H groups in total. The monoisotopic (exact) mass is 282 g/mol. The highest BCUT2D eigenvalue weighted by atomic mass is 35.5. The Labute approximate surface area is 109 Å². The van der Waals surface area contributed by atoms with Crippen molar-refractivity contribution in [2.24, 2.45) is 5.73 Å². The van der Waals surface area contributed by atoms with Gasteiger partial charge in [0.1, 0.15) is 0 Å². The van der Waals surface area contributed by atoms with Gasteiger partial charge < -0.3 is 11.1 Å². The molecule has 3 nitrogen and oxygen atoms in total. The minimum Gasteiger partial charge on any atom is -0.355 e. The quantitative estimate of drug-likeness (QED) is 0.884. The molecule has 0 bridgehead atoms. The van der Waals surface area contributed by atoms with Gasteiger partial charge >= 0.3 is 6.18 Å². The second-order valence-corrected chi connectivity index (χ2v) is 3.51. The van der Waals surface area contributed by atoms with Gasteiger partial charge in [-0.05, 0) is 11.6 Å². The van der Waals surface area contributed by atoms with Crippen LogP contribution in [0, 0.1) is 0 Å². The molecule has 0 aliphatic carbocycles. The Morgan fingerprint density at radius 2 is 2.00 bits per heavy atom. The van der Waals surface area contributed by atoms with Gasteiger partial charge in [0.25, 0.3) is 0 Å². The third-order valence-corrected chi connectivity index (χ3v) is 2.09. The van der Waals surface area contributed by atoms with Crippen molar-refractivity contribution in [1.82, 2.24) is 5.32 Å². The third kappa shape index (κ3) is 5.37. The Morgan fingerprint density at radius 3 is 2.56 bits per heavy atom. The van der Waals surface area contributed by atoms with Gasteiger partial charge in [0, 0.05) is 13.1 Å². The maximum absolute atomic E-state index is 12.4. The molecule has 1 amide bonds. The minimum absolute atomic E-state index is 0. The summed E-state index contributed by atoms with van der Waals surface area (Å²) in [5.74, 6) is -0.338. The van der Waals surface area contributed by atoms with Gasteiger partial charge in [-0.2, -0.15) is 13.2 Å². The van der Waals surface area contributed by atoms with Crippen molar-refractivity contribution in [3.8, 4) is 0 Å². The molecule has 18 heavy (non-hydrogen) atoms. The van der Waals surface area contributed by atoms with Crippen LogP contribution in [0.2, 0.25) is 0 Å². The number of hydrogen-bond acceptors (Lipinski definition) is 2. The smallest absolute Gasteiger partial charge is 0.355 e. The lowest BCUT2D eigenvalue weighted by atomic mass is 10.1. The van der Waals surface area contributed by atoms with Crippen molar-refractivity contribution < 1.29 is 18.0 Å². The number of hydrogen-bond donors (Lipinski definition) is 2. The summed E-state index contributed by atoms with van der Waals surface area (Å²) in [5.41, 5.74) is 4.77. The summed E-state index contributed by atoms with van der Waals surface area (Å²) in [6.45, 7) is 0.617. The number of halogens is 4. The summed E-state index contributed by atoms with van der Waals surface area (Å²) in [6, 6.07) is 4.72. The molecule has 0 atom stereocenters. The number of amides is 1. The Bertz CT molecular complexity index is 396. The Balaban J connectivity index is 0.00000289. The molecular formula is C11H14ClF3N2O. The number of carbonyl (C=O) groups excluding carboxylic acids is 1. The van der Waals surface area contributed by atoms with E-state index >= 15 is 0 Å². The van der Waals surface area contributed by atoms with Crippen LogP contribution in [0.3, 0.4) is 0 Å². The van der Waals surface area contributed by atoms with E-state index in [1.807, 2.05) is 0 Å². The zero-order valence-electron chi connectivity index (χ0n) is 9.46. The highest BCUT2D eigenvalue weighted by Gasteiger charge is 2.30. The summed E-state index contributed by atoms with van der Waals surface area (Å²) in [4.78, 5) is 11.3. The first-order valence-corrected chi connectivity index (χ1v) is 5.06. The van der Waals surface area contributed by atoms with E-state index < -0.39 is 11.7 Å². The molecule has 0 aliphatic rings. The molecule has 0 unspecified atom stereocenters. The van der Waals surface area contributed by atoms with E-state index in [-0.39, 0.29) is 24.7 Å². The van der Waals surface area contributed by atoms with Crippen molar-refractivity contribution in [2.45, 2.75) is 12.6 Å². The molecule has 0 radical (unpaired) electrons. The molecule has 1 aromatic carbocycles. The molecule has 1 aromatic rings. The molecule has 0 spiro atoms. The fourth-order valence-corrected chi connectivity index (χ4v) is 1.32. The molecular weight excluding hydrogens is 269 g/mol. The molecule has 0 aromatic heterocycles. The van der Waals surface area contributed by atoms with Gasteiger partial charge in [-0.25, -0.2) is 0 Å². The molecule has 0 fully saturated rings. The highest BCUT2D eigenvalue weighted by Crippen LogP contribution is 2.29. The summed E-state index contributed by atoms with van der Waals surface area (Å²) >= 11 is 0. The maximum atomic E-state index is 12.4. The largest absolute Gasteiger partial charge is 0.416 e. The van der Waals surface area contributed by atoms with E-state index in [2.05, 4.69) is 5.32 Å². The molecule has 0 aliphatic heterocycles. The molecule has 0 saturated carbocycles. The van der Waals surface area contributed by atoms with Crippen molar-refractivity contribution in [3.63, 3.8) is 0 Å². The average molecular weight is 283 g/mol. The second-order valence-electron chi connectivity index (χ2n) is 3.51. The first-order chi connectivity index (χ1) is 7.93. The van der Waals surface area contributed by atoms with E-state index in [1.54, 1.807) is 0 Å². The van der Waals surface area contributed by atoms with Crippen LogP contribution in [-0.2, 0) is 17.4 Å². The summed E-state index contributed by atoms with van der Waals surface area (Å²) < 4.78 is 37.2. The first kappa shape index (κ1) is 16.7. The van der Waals surface area contributed by atoms with E-state index in [1.165, 1.54) is 12.1 Å². The fraction of sp³-hybridized carbons (Fsp3) is 0.364. The predicted octanol–water partition coefficient (Wildman–Crippen LogP) is 1.74. The summed E-state index contributed by atoms with van der Waals surface area (Å²) in [6.07, 6.45) is -4.46. The fourth-order valence-electron chi connectivity index (χ4n) is 1.32. The van der Waals surface area contributed by atoms with Crippen LogP contribution in [0.15, 0.2) is 24.3 Å². The van der Waals surface area contributed by atoms with Gasteiger partial charge in [-0.1, -0.05) is 18.2 Å². The van der Waals surface area contributed by atoms with Crippen LogP contribution in [0.5, 0.6) is 0 Å². The number of carbonyl (C=O) groups is 1. The van der Waals surface area contributed by atoms with E-state index in [4.69, 9.17) is 5.73 Å².